The van der Waals surface area contributed by atoms with E-state index in [-0.39, 0.29) is 30.6 Å². The van der Waals surface area contributed by atoms with E-state index in [1.807, 2.05) is 12.2 Å². The van der Waals surface area contributed by atoms with Crippen LogP contribution in [0.4, 0.5) is 0 Å². The zero-order valence-corrected chi connectivity index (χ0v) is 11.8. The average Bonchev–Trinajstić information content (AvgIpc) is 3.03. The molecule has 0 aromatic heterocycles. The van der Waals surface area contributed by atoms with Crippen molar-refractivity contribution in [2.45, 2.75) is 13.3 Å². The molecule has 0 saturated heterocycles. The molecule has 2 rings (SSSR count). The summed E-state index contributed by atoms with van der Waals surface area (Å²) in [6, 6.07) is 0. The van der Waals surface area contributed by atoms with E-state index >= 15 is 0 Å². The van der Waals surface area contributed by atoms with Crippen LogP contribution in [-0.2, 0) is 23.9 Å². The topological polar surface area (TPSA) is 89.9 Å². The Morgan fingerprint density at radius 3 is 2.29 bits per heavy atom. The highest BCUT2D eigenvalue weighted by atomic mass is 16.6. The molecular weight excluding hydrogens is 276 g/mol. The number of ether oxygens (including phenoxy) is 2. The van der Waals surface area contributed by atoms with Crippen molar-refractivity contribution in [2.24, 2.45) is 23.7 Å². The minimum Gasteiger partial charge on any atom is -0.481 e. The number of carbonyl (C=O) groups excluding carboxylic acids is 2. The molecule has 6 heteroatoms. The molecule has 0 aliphatic heterocycles. The lowest BCUT2D eigenvalue weighted by Crippen LogP contribution is -2.34. The fourth-order valence-electron chi connectivity index (χ4n) is 2.98. The molecule has 0 heterocycles. The van der Waals surface area contributed by atoms with Crippen LogP contribution in [0.3, 0.4) is 0 Å². The number of carboxylic acid groups (broad SMARTS) is 1. The lowest BCUT2D eigenvalue weighted by molar-refractivity contribution is -0.160. The van der Waals surface area contributed by atoms with E-state index in [4.69, 9.17) is 9.47 Å². The molecule has 0 aromatic carbocycles. The summed E-state index contributed by atoms with van der Waals surface area (Å²) in [4.78, 5) is 34.5. The molecule has 21 heavy (non-hydrogen) atoms. The Morgan fingerprint density at radius 2 is 1.71 bits per heavy atom. The predicted octanol–water partition coefficient (Wildman–Crippen LogP) is 1.17. The third kappa shape index (κ3) is 3.15. The van der Waals surface area contributed by atoms with Crippen LogP contribution in [0, 0.1) is 23.7 Å². The van der Waals surface area contributed by atoms with Gasteiger partial charge in [0, 0.05) is 5.57 Å². The first-order valence-electron chi connectivity index (χ1n) is 6.82. The van der Waals surface area contributed by atoms with Crippen LogP contribution in [0.5, 0.6) is 0 Å². The Hall–Kier alpha value is -2.11. The fourth-order valence-corrected chi connectivity index (χ4v) is 2.98. The number of carboxylic acids is 1. The van der Waals surface area contributed by atoms with Crippen molar-refractivity contribution < 1.29 is 29.0 Å². The van der Waals surface area contributed by atoms with Gasteiger partial charge in [-0.3, -0.25) is 9.59 Å². The van der Waals surface area contributed by atoms with E-state index in [0.717, 1.165) is 0 Å². The van der Waals surface area contributed by atoms with Gasteiger partial charge >= 0.3 is 17.9 Å². The number of rotatable bonds is 6. The Balaban J connectivity index is 1.83. The average molecular weight is 294 g/mol. The van der Waals surface area contributed by atoms with E-state index in [1.54, 1.807) is 0 Å². The van der Waals surface area contributed by atoms with Crippen molar-refractivity contribution in [1.29, 1.82) is 0 Å². The summed E-state index contributed by atoms with van der Waals surface area (Å²) < 4.78 is 9.85. The first kappa shape index (κ1) is 15.3. The van der Waals surface area contributed by atoms with E-state index in [1.165, 1.54) is 6.92 Å². The molecule has 0 amide bonds. The van der Waals surface area contributed by atoms with Crippen LogP contribution in [0.1, 0.15) is 13.3 Å². The number of hydrogen-bond acceptors (Lipinski definition) is 5. The molecule has 4 atom stereocenters. The number of hydrogen-bond donors (Lipinski definition) is 1. The molecule has 2 bridgehead atoms. The van der Waals surface area contributed by atoms with E-state index in [0.29, 0.717) is 6.42 Å². The monoisotopic (exact) mass is 294 g/mol. The van der Waals surface area contributed by atoms with Crippen molar-refractivity contribution >= 4 is 17.9 Å². The van der Waals surface area contributed by atoms with Gasteiger partial charge in [0.25, 0.3) is 0 Å². The number of aliphatic carboxylic acids is 1. The summed E-state index contributed by atoms with van der Waals surface area (Å²) in [7, 11) is 0. The molecular formula is C15H18O6. The van der Waals surface area contributed by atoms with Crippen molar-refractivity contribution in [3.8, 4) is 0 Å². The van der Waals surface area contributed by atoms with Crippen molar-refractivity contribution in [3.05, 3.63) is 24.3 Å². The third-order valence-corrected chi connectivity index (χ3v) is 3.93. The van der Waals surface area contributed by atoms with Gasteiger partial charge in [0.05, 0.1) is 11.8 Å². The Morgan fingerprint density at radius 1 is 1.14 bits per heavy atom. The molecule has 2 aliphatic rings. The molecule has 0 aromatic rings. The van der Waals surface area contributed by atoms with Gasteiger partial charge in [-0.15, -0.1) is 0 Å². The summed E-state index contributed by atoms with van der Waals surface area (Å²) in [5, 5.41) is 9.24. The van der Waals surface area contributed by atoms with Gasteiger partial charge in [-0.2, -0.15) is 0 Å². The van der Waals surface area contributed by atoms with Crippen LogP contribution in [0.15, 0.2) is 24.3 Å². The molecule has 1 saturated carbocycles. The van der Waals surface area contributed by atoms with Crippen molar-refractivity contribution in [2.75, 3.05) is 13.2 Å². The second-order valence-corrected chi connectivity index (χ2v) is 5.42. The second kappa shape index (κ2) is 6.11. The van der Waals surface area contributed by atoms with Gasteiger partial charge in [0.2, 0.25) is 0 Å². The molecule has 114 valence electrons. The third-order valence-electron chi connectivity index (χ3n) is 3.93. The van der Waals surface area contributed by atoms with Gasteiger partial charge in [-0.25, -0.2) is 4.79 Å². The fraction of sp³-hybridized carbons (Fsp3) is 0.533. The minimum atomic E-state index is -0.970. The number of allylic oxidation sites excluding steroid dienone is 2. The Bertz CT molecular complexity index is 506. The predicted molar refractivity (Wildman–Crippen MR) is 72.1 cm³/mol. The molecule has 6 nitrogen and oxygen atoms in total. The van der Waals surface area contributed by atoms with Crippen LogP contribution in [-0.4, -0.2) is 36.2 Å². The van der Waals surface area contributed by atoms with Crippen LogP contribution >= 0.6 is 0 Å². The molecule has 2 aliphatic carbocycles. The van der Waals surface area contributed by atoms with E-state index in [2.05, 4.69) is 6.58 Å². The zero-order chi connectivity index (χ0) is 15.6. The Labute approximate surface area is 122 Å². The number of carbonyl (C=O) groups is 3. The van der Waals surface area contributed by atoms with Gasteiger partial charge in [-0.05, 0) is 25.2 Å². The maximum atomic E-state index is 12.1. The normalized spacial score (nSPS) is 29.2. The smallest absolute Gasteiger partial charge is 0.333 e. The number of fused-ring (bicyclic) bond motifs is 2. The van der Waals surface area contributed by atoms with Gasteiger partial charge in [0.15, 0.2) is 0 Å². The zero-order valence-electron chi connectivity index (χ0n) is 11.8. The van der Waals surface area contributed by atoms with Gasteiger partial charge in [0.1, 0.15) is 13.2 Å². The van der Waals surface area contributed by atoms with Crippen LogP contribution in [0.25, 0.3) is 0 Å². The van der Waals surface area contributed by atoms with Gasteiger partial charge in [-0.1, -0.05) is 18.7 Å². The SMILES string of the molecule is C=C(C)C(=O)OCCOC(=O)C1C2C=CC(C2)C1C(=O)O. The van der Waals surface area contributed by atoms with Crippen LogP contribution < -0.4 is 0 Å². The van der Waals surface area contributed by atoms with Crippen molar-refractivity contribution in [3.63, 3.8) is 0 Å². The summed E-state index contributed by atoms with van der Waals surface area (Å²) in [6.07, 6.45) is 4.43. The summed E-state index contributed by atoms with van der Waals surface area (Å²) in [5.74, 6) is -3.57. The quantitative estimate of drug-likeness (QED) is 0.342. The minimum absolute atomic E-state index is 0.0637. The van der Waals surface area contributed by atoms with E-state index in [9.17, 15) is 19.5 Å². The largest absolute Gasteiger partial charge is 0.481 e. The first-order chi connectivity index (χ1) is 9.91. The lowest BCUT2D eigenvalue weighted by Gasteiger charge is -2.22. The summed E-state index contributed by atoms with van der Waals surface area (Å²) in [5.41, 5.74) is 0.269. The molecule has 0 radical (unpaired) electrons. The molecule has 4 unspecified atom stereocenters. The maximum Gasteiger partial charge on any atom is 0.333 e. The first-order valence-corrected chi connectivity index (χ1v) is 6.82. The molecule has 1 fully saturated rings. The van der Waals surface area contributed by atoms with E-state index < -0.39 is 29.7 Å². The highest BCUT2D eigenvalue weighted by molar-refractivity contribution is 5.87. The number of esters is 2. The van der Waals surface area contributed by atoms with Crippen LogP contribution in [0.2, 0.25) is 0 Å². The summed E-state index contributed by atoms with van der Waals surface area (Å²) in [6.45, 7) is 4.81. The highest BCUT2D eigenvalue weighted by Gasteiger charge is 2.52. The lowest BCUT2D eigenvalue weighted by atomic mass is 9.83. The summed E-state index contributed by atoms with van der Waals surface area (Å²) >= 11 is 0. The maximum absolute atomic E-state index is 12.1. The standard InChI is InChI=1S/C15H18O6/c1-8(2)14(18)20-5-6-21-15(19)12-10-4-3-9(7-10)11(12)13(16)17/h3-4,9-12H,1,5-7H2,2H3,(H,16,17). The van der Waals surface area contributed by atoms with Crippen molar-refractivity contribution in [1.82, 2.24) is 0 Å². The second-order valence-electron chi connectivity index (χ2n) is 5.42. The highest BCUT2D eigenvalue weighted by Crippen LogP contribution is 2.48. The Kier molecular flexibility index (Phi) is 4.45. The molecule has 1 N–H and O–H groups in total. The molecule has 0 spiro atoms. The van der Waals surface area contributed by atoms with Gasteiger partial charge < -0.3 is 14.6 Å².